The largest absolute Gasteiger partial charge is 0.454 e. The Hall–Kier alpha value is -2.45. The van der Waals surface area contributed by atoms with Gasteiger partial charge >= 0.3 is 0 Å². The van der Waals surface area contributed by atoms with Gasteiger partial charge in [0.05, 0.1) is 15.8 Å². The number of aromatic nitrogens is 3. The van der Waals surface area contributed by atoms with Crippen LogP contribution in [0.15, 0.2) is 35.6 Å². The molecule has 2 N–H and O–H groups in total. The molecule has 0 unspecified atom stereocenters. The number of benzene rings is 1. The van der Waals surface area contributed by atoms with Crippen molar-refractivity contribution in [3.8, 4) is 11.5 Å². The highest BCUT2D eigenvalue weighted by molar-refractivity contribution is 8.00. The van der Waals surface area contributed by atoms with Crippen molar-refractivity contribution in [2.75, 3.05) is 6.79 Å². The Kier molecular flexibility index (Phi) is 4.60. The number of nitrogens with zero attached hydrogens (tertiary/aromatic N) is 2. The first-order valence-corrected chi connectivity index (χ1v) is 9.18. The Labute approximate surface area is 158 Å². The minimum Gasteiger partial charge on any atom is -0.454 e. The minimum atomic E-state index is -0.319. The Balaban J connectivity index is 1.36. The van der Waals surface area contributed by atoms with Crippen molar-refractivity contribution < 1.29 is 14.3 Å². The van der Waals surface area contributed by atoms with Gasteiger partial charge in [-0.05, 0) is 30.7 Å². The maximum Gasteiger partial charge on any atom is 0.233 e. The molecule has 134 valence electrons. The fraction of sp³-hybridized carbons (Fsp3) is 0.235. The highest BCUT2D eigenvalue weighted by Gasteiger charge is 2.18. The molecule has 3 aromatic rings. The summed E-state index contributed by atoms with van der Waals surface area (Å²) in [7, 11) is 0. The van der Waals surface area contributed by atoms with Crippen molar-refractivity contribution in [2.45, 2.75) is 23.9 Å². The van der Waals surface area contributed by atoms with Crippen LogP contribution in [0.25, 0.3) is 11.2 Å². The van der Waals surface area contributed by atoms with Crippen molar-refractivity contribution in [3.63, 3.8) is 0 Å². The number of thioether (sulfide) groups is 1. The number of fused-ring (bicyclic) bond motifs is 2. The van der Waals surface area contributed by atoms with E-state index in [0.717, 1.165) is 16.8 Å². The molecular formula is C17H15ClN4O3S. The van der Waals surface area contributed by atoms with E-state index in [1.54, 1.807) is 12.3 Å². The van der Waals surface area contributed by atoms with E-state index in [2.05, 4.69) is 20.3 Å². The Bertz CT molecular complexity index is 978. The molecule has 0 radical (unpaired) electrons. The number of hydrogen-bond donors (Lipinski definition) is 2. The van der Waals surface area contributed by atoms with Crippen LogP contribution in [0.2, 0.25) is 5.02 Å². The number of imidazole rings is 1. The molecule has 0 saturated heterocycles. The van der Waals surface area contributed by atoms with Crippen LogP contribution < -0.4 is 14.8 Å². The van der Waals surface area contributed by atoms with E-state index in [0.29, 0.717) is 28.1 Å². The average Bonchev–Trinajstić information content (AvgIpc) is 3.24. The highest BCUT2D eigenvalue weighted by atomic mass is 35.5. The molecule has 26 heavy (non-hydrogen) atoms. The van der Waals surface area contributed by atoms with Gasteiger partial charge < -0.3 is 19.8 Å². The summed E-state index contributed by atoms with van der Waals surface area (Å²) in [5.41, 5.74) is 2.26. The zero-order chi connectivity index (χ0) is 18.1. The SMILES string of the molecule is C[C@@H](Sc1nc2ncc(Cl)cc2[nH]1)C(=O)NCc1ccc2c(c1)OCO2. The van der Waals surface area contributed by atoms with Crippen molar-refractivity contribution in [3.05, 3.63) is 41.0 Å². The molecule has 1 aliphatic rings. The summed E-state index contributed by atoms with van der Waals surface area (Å²) in [6, 6.07) is 7.37. The quantitative estimate of drug-likeness (QED) is 0.650. The second kappa shape index (κ2) is 7.05. The van der Waals surface area contributed by atoms with Crippen LogP contribution in [-0.2, 0) is 11.3 Å². The van der Waals surface area contributed by atoms with E-state index in [1.165, 1.54) is 11.8 Å². The molecule has 1 atom stereocenters. The van der Waals surface area contributed by atoms with Gasteiger partial charge in [0.15, 0.2) is 22.3 Å². The van der Waals surface area contributed by atoms with Crippen LogP contribution in [-0.4, -0.2) is 32.9 Å². The maximum atomic E-state index is 12.4. The normalized spacial score (nSPS) is 13.8. The van der Waals surface area contributed by atoms with Crippen molar-refractivity contribution in [2.24, 2.45) is 0 Å². The number of ether oxygens (including phenoxy) is 2. The second-order valence-electron chi connectivity index (χ2n) is 5.73. The van der Waals surface area contributed by atoms with E-state index in [4.69, 9.17) is 21.1 Å². The highest BCUT2D eigenvalue weighted by Crippen LogP contribution is 2.32. The standard InChI is InChI=1S/C17H15ClN4O3S/c1-9(26-17-21-12-5-11(18)7-19-15(12)22-17)16(23)20-6-10-2-3-13-14(4-10)25-8-24-13/h2-5,7,9H,6,8H2,1H3,(H,20,23)(H,19,21,22)/t9-/m1/s1. The summed E-state index contributed by atoms with van der Waals surface area (Å²) < 4.78 is 10.6. The lowest BCUT2D eigenvalue weighted by molar-refractivity contribution is -0.120. The first-order chi connectivity index (χ1) is 12.6. The number of H-pyrrole nitrogens is 1. The molecule has 0 aliphatic carbocycles. The van der Waals surface area contributed by atoms with Gasteiger partial charge in [0, 0.05) is 12.7 Å². The third-order valence-electron chi connectivity index (χ3n) is 3.84. The molecule has 9 heteroatoms. The third kappa shape index (κ3) is 3.56. The molecule has 3 heterocycles. The van der Waals surface area contributed by atoms with E-state index in [-0.39, 0.29) is 18.0 Å². The summed E-state index contributed by atoms with van der Waals surface area (Å²) in [6.07, 6.45) is 1.54. The zero-order valence-electron chi connectivity index (χ0n) is 13.8. The lowest BCUT2D eigenvalue weighted by Gasteiger charge is -2.11. The molecule has 0 spiro atoms. The fourth-order valence-electron chi connectivity index (χ4n) is 2.51. The predicted octanol–water partition coefficient (Wildman–Crippen LogP) is 3.14. The lowest BCUT2D eigenvalue weighted by Crippen LogP contribution is -2.30. The van der Waals surface area contributed by atoms with Gasteiger partial charge in [-0.1, -0.05) is 29.4 Å². The van der Waals surface area contributed by atoms with Crippen molar-refractivity contribution in [1.82, 2.24) is 20.3 Å². The molecule has 1 amide bonds. The number of pyridine rings is 1. The fourth-order valence-corrected chi connectivity index (χ4v) is 3.50. The lowest BCUT2D eigenvalue weighted by atomic mass is 10.2. The number of halogens is 1. The molecule has 1 aromatic carbocycles. The third-order valence-corrected chi connectivity index (χ3v) is 5.03. The monoisotopic (exact) mass is 390 g/mol. The predicted molar refractivity (Wildman–Crippen MR) is 98.6 cm³/mol. The van der Waals surface area contributed by atoms with Crippen LogP contribution in [0.1, 0.15) is 12.5 Å². The zero-order valence-corrected chi connectivity index (χ0v) is 15.4. The molecule has 2 aromatic heterocycles. The molecule has 7 nitrogen and oxygen atoms in total. The smallest absolute Gasteiger partial charge is 0.233 e. The number of rotatable bonds is 5. The molecule has 4 rings (SSSR count). The number of aromatic amines is 1. The molecule has 0 saturated carbocycles. The Morgan fingerprint density at radius 3 is 3.12 bits per heavy atom. The van der Waals surface area contributed by atoms with Gasteiger partial charge in [-0.3, -0.25) is 4.79 Å². The number of hydrogen-bond acceptors (Lipinski definition) is 6. The number of carbonyl (C=O) groups excluding carboxylic acids is 1. The summed E-state index contributed by atoms with van der Waals surface area (Å²) in [5, 5.41) is 3.76. The summed E-state index contributed by atoms with van der Waals surface area (Å²) in [6.45, 7) is 2.47. The van der Waals surface area contributed by atoms with E-state index >= 15 is 0 Å². The molecular weight excluding hydrogens is 376 g/mol. The van der Waals surface area contributed by atoms with Gasteiger partial charge in [0.2, 0.25) is 12.7 Å². The van der Waals surface area contributed by atoms with Crippen LogP contribution in [0.4, 0.5) is 0 Å². The van der Waals surface area contributed by atoms with Gasteiger partial charge in [0.25, 0.3) is 0 Å². The second-order valence-corrected chi connectivity index (χ2v) is 7.50. The number of nitrogens with one attached hydrogen (secondary N) is 2. The minimum absolute atomic E-state index is 0.0842. The Morgan fingerprint density at radius 1 is 1.38 bits per heavy atom. The maximum absolute atomic E-state index is 12.4. The topological polar surface area (TPSA) is 89.1 Å². The first-order valence-electron chi connectivity index (χ1n) is 7.92. The summed E-state index contributed by atoms with van der Waals surface area (Å²) in [5.74, 6) is 1.34. The van der Waals surface area contributed by atoms with Crippen LogP contribution in [0.5, 0.6) is 11.5 Å². The van der Waals surface area contributed by atoms with E-state index in [1.807, 2.05) is 25.1 Å². The number of carbonyl (C=O) groups is 1. The number of amides is 1. The van der Waals surface area contributed by atoms with E-state index in [9.17, 15) is 4.79 Å². The average molecular weight is 391 g/mol. The van der Waals surface area contributed by atoms with Crippen molar-refractivity contribution >= 4 is 40.4 Å². The first kappa shape index (κ1) is 17.0. The summed E-state index contributed by atoms with van der Waals surface area (Å²) in [4.78, 5) is 24.0. The van der Waals surface area contributed by atoms with Gasteiger partial charge in [-0.2, -0.15) is 0 Å². The molecule has 0 bridgehead atoms. The van der Waals surface area contributed by atoms with Crippen LogP contribution >= 0.6 is 23.4 Å². The molecule has 1 aliphatic heterocycles. The van der Waals surface area contributed by atoms with Crippen LogP contribution in [0, 0.1) is 0 Å². The Morgan fingerprint density at radius 2 is 2.23 bits per heavy atom. The van der Waals surface area contributed by atoms with Gasteiger partial charge in [0.1, 0.15) is 0 Å². The van der Waals surface area contributed by atoms with E-state index < -0.39 is 0 Å². The van der Waals surface area contributed by atoms with Crippen LogP contribution in [0.3, 0.4) is 0 Å². The van der Waals surface area contributed by atoms with Crippen molar-refractivity contribution in [1.29, 1.82) is 0 Å². The summed E-state index contributed by atoms with van der Waals surface area (Å²) >= 11 is 7.25. The van der Waals surface area contributed by atoms with Gasteiger partial charge in [-0.15, -0.1) is 0 Å². The van der Waals surface area contributed by atoms with Gasteiger partial charge in [-0.25, -0.2) is 9.97 Å². The molecule has 0 fully saturated rings.